The highest BCUT2D eigenvalue weighted by Crippen LogP contribution is 2.19. The van der Waals surface area contributed by atoms with E-state index in [1.807, 2.05) is 0 Å². The third-order valence-corrected chi connectivity index (χ3v) is 3.06. The largest absolute Gasteiger partial charge is 0.481 e. The van der Waals surface area contributed by atoms with Gasteiger partial charge in [-0.15, -0.1) is 0 Å². The fraction of sp³-hybridized carbons (Fsp3) is 0.0667. The monoisotopic (exact) mass is 307 g/mol. The number of hydrogen-bond acceptors (Lipinski definition) is 2. The quantitative estimate of drug-likeness (QED) is 0.910. The summed E-state index contributed by atoms with van der Waals surface area (Å²) < 4.78 is 13.7. The average molecular weight is 308 g/mol. The fourth-order valence-electron chi connectivity index (χ4n) is 1.76. The van der Waals surface area contributed by atoms with E-state index in [0.717, 1.165) is 0 Å². The molecule has 0 atom stereocenters. The lowest BCUT2D eigenvalue weighted by Crippen LogP contribution is -2.14. The minimum Gasteiger partial charge on any atom is -0.481 e. The van der Waals surface area contributed by atoms with Gasteiger partial charge in [0.05, 0.1) is 17.0 Å². The van der Waals surface area contributed by atoms with E-state index in [-0.39, 0.29) is 17.0 Å². The molecule has 0 aliphatic rings. The Kier molecular flexibility index (Phi) is 4.55. The van der Waals surface area contributed by atoms with Gasteiger partial charge in [0.25, 0.3) is 5.91 Å². The molecule has 2 aromatic carbocycles. The van der Waals surface area contributed by atoms with Gasteiger partial charge in [-0.05, 0) is 29.8 Å². The van der Waals surface area contributed by atoms with E-state index in [4.69, 9.17) is 16.7 Å². The van der Waals surface area contributed by atoms with Gasteiger partial charge >= 0.3 is 5.97 Å². The van der Waals surface area contributed by atoms with Crippen molar-refractivity contribution in [3.05, 3.63) is 64.4 Å². The molecule has 0 aliphatic heterocycles. The van der Waals surface area contributed by atoms with Crippen molar-refractivity contribution in [2.45, 2.75) is 6.42 Å². The van der Waals surface area contributed by atoms with Crippen molar-refractivity contribution in [2.24, 2.45) is 0 Å². The lowest BCUT2D eigenvalue weighted by Gasteiger charge is -2.07. The van der Waals surface area contributed by atoms with E-state index in [2.05, 4.69) is 5.32 Å². The highest BCUT2D eigenvalue weighted by molar-refractivity contribution is 6.31. The number of carboxylic acid groups (broad SMARTS) is 1. The predicted octanol–water partition coefficient (Wildman–Crippen LogP) is 3.36. The number of carboxylic acids is 1. The molecule has 0 fully saturated rings. The van der Waals surface area contributed by atoms with E-state index in [1.54, 1.807) is 24.3 Å². The molecule has 0 spiro atoms. The lowest BCUT2D eigenvalue weighted by molar-refractivity contribution is -0.136. The Morgan fingerprint density at radius 3 is 2.43 bits per heavy atom. The number of anilines is 1. The summed E-state index contributed by atoms with van der Waals surface area (Å²) >= 11 is 5.62. The van der Waals surface area contributed by atoms with Crippen LogP contribution in [-0.2, 0) is 11.2 Å². The summed E-state index contributed by atoms with van der Waals surface area (Å²) in [7, 11) is 0. The van der Waals surface area contributed by atoms with Crippen molar-refractivity contribution in [1.82, 2.24) is 0 Å². The Morgan fingerprint density at radius 1 is 1.14 bits per heavy atom. The number of halogens is 2. The average Bonchev–Trinajstić information content (AvgIpc) is 2.43. The Morgan fingerprint density at radius 2 is 1.81 bits per heavy atom. The fourth-order valence-corrected chi connectivity index (χ4v) is 1.93. The zero-order chi connectivity index (χ0) is 15.4. The smallest absolute Gasteiger partial charge is 0.307 e. The van der Waals surface area contributed by atoms with Gasteiger partial charge < -0.3 is 10.4 Å². The topological polar surface area (TPSA) is 66.4 Å². The third kappa shape index (κ3) is 3.79. The molecule has 0 radical (unpaired) electrons. The van der Waals surface area contributed by atoms with Gasteiger partial charge in [-0.3, -0.25) is 9.59 Å². The Labute approximate surface area is 125 Å². The number of hydrogen-bond donors (Lipinski definition) is 2. The van der Waals surface area contributed by atoms with Crippen LogP contribution >= 0.6 is 11.6 Å². The SMILES string of the molecule is O=C(O)Cc1ccc(NC(=O)c2cccc(Cl)c2F)cc1. The van der Waals surface area contributed by atoms with Crippen LogP contribution in [0.25, 0.3) is 0 Å². The van der Waals surface area contributed by atoms with Crippen molar-refractivity contribution in [1.29, 1.82) is 0 Å². The zero-order valence-electron chi connectivity index (χ0n) is 10.8. The zero-order valence-corrected chi connectivity index (χ0v) is 11.5. The molecule has 0 saturated carbocycles. The second-order valence-electron chi connectivity index (χ2n) is 4.32. The molecule has 0 aliphatic carbocycles. The molecule has 1 amide bonds. The molecule has 4 nitrogen and oxygen atoms in total. The van der Waals surface area contributed by atoms with Crippen molar-refractivity contribution in [3.8, 4) is 0 Å². The highest BCUT2D eigenvalue weighted by Gasteiger charge is 2.14. The molecule has 0 bridgehead atoms. The maximum Gasteiger partial charge on any atom is 0.307 e. The lowest BCUT2D eigenvalue weighted by atomic mass is 10.1. The Hall–Kier alpha value is -2.40. The van der Waals surface area contributed by atoms with Crippen LogP contribution in [-0.4, -0.2) is 17.0 Å². The predicted molar refractivity (Wildman–Crippen MR) is 77.1 cm³/mol. The number of amides is 1. The van der Waals surface area contributed by atoms with Crippen LogP contribution in [0.15, 0.2) is 42.5 Å². The van der Waals surface area contributed by atoms with E-state index in [1.165, 1.54) is 18.2 Å². The molecule has 2 rings (SSSR count). The van der Waals surface area contributed by atoms with Gasteiger partial charge in [0.15, 0.2) is 5.82 Å². The Bertz CT molecular complexity index is 686. The van der Waals surface area contributed by atoms with Gasteiger partial charge in [-0.2, -0.15) is 0 Å². The van der Waals surface area contributed by atoms with Crippen LogP contribution in [0, 0.1) is 5.82 Å². The summed E-state index contributed by atoms with van der Waals surface area (Å²) in [5.74, 6) is -2.34. The summed E-state index contributed by atoms with van der Waals surface area (Å²) in [4.78, 5) is 22.5. The van der Waals surface area contributed by atoms with Crippen LogP contribution in [0.1, 0.15) is 15.9 Å². The first-order valence-corrected chi connectivity index (χ1v) is 6.41. The number of carbonyl (C=O) groups is 2. The van der Waals surface area contributed by atoms with Crippen LogP contribution < -0.4 is 5.32 Å². The molecule has 6 heteroatoms. The minimum absolute atomic E-state index is 0.100. The molecule has 0 heterocycles. The maximum absolute atomic E-state index is 13.7. The van der Waals surface area contributed by atoms with Crippen LogP contribution in [0.2, 0.25) is 5.02 Å². The van der Waals surface area contributed by atoms with Crippen LogP contribution in [0.5, 0.6) is 0 Å². The second kappa shape index (κ2) is 6.37. The first kappa shape index (κ1) is 15.0. The molecule has 0 aromatic heterocycles. The van der Waals surface area contributed by atoms with Gasteiger partial charge in [0.1, 0.15) is 0 Å². The highest BCUT2D eigenvalue weighted by atomic mass is 35.5. The molecular weight excluding hydrogens is 297 g/mol. The summed E-state index contributed by atoms with van der Waals surface area (Å²) in [5, 5.41) is 11.1. The van der Waals surface area contributed by atoms with Crippen molar-refractivity contribution in [2.75, 3.05) is 5.32 Å². The number of rotatable bonds is 4. The van der Waals surface area contributed by atoms with Gasteiger partial charge in [-0.1, -0.05) is 29.8 Å². The van der Waals surface area contributed by atoms with E-state index >= 15 is 0 Å². The standard InChI is InChI=1S/C15H11ClFNO3/c16-12-3-1-2-11(14(12)17)15(21)18-10-6-4-9(5-7-10)8-13(19)20/h1-7H,8H2,(H,18,21)(H,19,20). The molecule has 2 aromatic rings. The number of nitrogens with one attached hydrogen (secondary N) is 1. The van der Waals surface area contributed by atoms with Gasteiger partial charge in [0.2, 0.25) is 0 Å². The summed E-state index contributed by atoms with van der Waals surface area (Å²) in [6.45, 7) is 0. The molecule has 0 saturated heterocycles. The van der Waals surface area contributed by atoms with Crippen molar-refractivity contribution < 1.29 is 19.1 Å². The summed E-state index contributed by atoms with van der Waals surface area (Å²) in [5.41, 5.74) is 0.889. The van der Waals surface area contributed by atoms with Crippen molar-refractivity contribution in [3.63, 3.8) is 0 Å². The van der Waals surface area contributed by atoms with Crippen LogP contribution in [0.4, 0.5) is 10.1 Å². The molecule has 21 heavy (non-hydrogen) atoms. The van der Waals surface area contributed by atoms with Crippen LogP contribution in [0.3, 0.4) is 0 Å². The van der Waals surface area contributed by atoms with E-state index < -0.39 is 17.7 Å². The molecule has 108 valence electrons. The van der Waals surface area contributed by atoms with Gasteiger partial charge in [0, 0.05) is 5.69 Å². The maximum atomic E-state index is 13.7. The number of carbonyl (C=O) groups excluding carboxylic acids is 1. The normalized spacial score (nSPS) is 10.2. The first-order chi connectivity index (χ1) is 9.97. The minimum atomic E-state index is -0.937. The van der Waals surface area contributed by atoms with Gasteiger partial charge in [-0.25, -0.2) is 4.39 Å². The van der Waals surface area contributed by atoms with E-state index in [0.29, 0.717) is 11.3 Å². The van der Waals surface area contributed by atoms with Crippen molar-refractivity contribution >= 4 is 29.2 Å². The Balaban J connectivity index is 2.12. The number of benzene rings is 2. The van der Waals surface area contributed by atoms with E-state index in [9.17, 15) is 14.0 Å². The number of aliphatic carboxylic acids is 1. The summed E-state index contributed by atoms with van der Waals surface area (Å²) in [6.07, 6.45) is -0.100. The molecule has 0 unspecified atom stereocenters. The molecular formula is C15H11ClFNO3. The summed E-state index contributed by atoms with van der Waals surface area (Å²) in [6, 6.07) is 10.4. The molecule has 2 N–H and O–H groups in total. The first-order valence-electron chi connectivity index (χ1n) is 6.03. The second-order valence-corrected chi connectivity index (χ2v) is 4.73. The third-order valence-electron chi connectivity index (χ3n) is 2.76.